The molecule has 1 atom stereocenters. The zero-order chi connectivity index (χ0) is 21.4. The van der Waals surface area contributed by atoms with E-state index in [-0.39, 0.29) is 17.6 Å². The van der Waals surface area contributed by atoms with Crippen LogP contribution >= 0.6 is 0 Å². The van der Waals surface area contributed by atoms with Gasteiger partial charge in [0.25, 0.3) is 5.91 Å². The van der Waals surface area contributed by atoms with Crippen molar-refractivity contribution in [2.75, 3.05) is 13.1 Å². The van der Waals surface area contributed by atoms with Gasteiger partial charge in [-0.2, -0.15) is 0 Å². The maximum absolute atomic E-state index is 13.5. The zero-order valence-corrected chi connectivity index (χ0v) is 17.9. The second kappa shape index (κ2) is 8.24. The lowest BCUT2D eigenvalue weighted by Crippen LogP contribution is -2.33. The van der Waals surface area contributed by atoms with Gasteiger partial charge in [0.15, 0.2) is 5.65 Å². The molecule has 1 amide bonds. The maximum atomic E-state index is 13.5. The Morgan fingerprint density at radius 1 is 1.10 bits per heavy atom. The number of rotatable bonds is 4. The lowest BCUT2D eigenvalue weighted by molar-refractivity contribution is 0.0786. The summed E-state index contributed by atoms with van der Waals surface area (Å²) in [6.45, 7) is 3.64. The topological polar surface area (TPSA) is 85.9 Å². The van der Waals surface area contributed by atoms with Crippen LogP contribution < -0.4 is 5.69 Å². The van der Waals surface area contributed by atoms with Gasteiger partial charge in [0.2, 0.25) is 0 Å². The Balaban J connectivity index is 1.42. The van der Waals surface area contributed by atoms with Crippen molar-refractivity contribution in [1.29, 1.82) is 0 Å². The minimum atomic E-state index is -0.0885. The van der Waals surface area contributed by atoms with E-state index in [4.69, 9.17) is 0 Å². The average Bonchev–Trinajstić information content (AvgIpc) is 3.38. The smallest absolute Gasteiger partial charge is 0.330 e. The Kier molecular flexibility index (Phi) is 5.29. The summed E-state index contributed by atoms with van der Waals surface area (Å²) in [5.41, 5.74) is 2.10. The van der Waals surface area contributed by atoms with Crippen LogP contribution in [0.5, 0.6) is 0 Å². The largest absolute Gasteiger partial charge is 0.336 e. The summed E-state index contributed by atoms with van der Waals surface area (Å²) in [5.74, 6) is 1.10. The SMILES string of the molecule is Cc1ncc(C(=O)N2CCC(n3c(=O)n(CC4CCCCC4)c4cccnc43)C2)cn1. The molecule has 8 nitrogen and oxygen atoms in total. The first-order valence-electron chi connectivity index (χ1n) is 11.3. The molecular formula is C23H28N6O2. The highest BCUT2D eigenvalue weighted by Crippen LogP contribution is 2.28. The lowest BCUT2D eigenvalue weighted by atomic mass is 9.89. The molecule has 2 fully saturated rings. The molecule has 1 aliphatic heterocycles. The predicted molar refractivity (Wildman–Crippen MR) is 117 cm³/mol. The van der Waals surface area contributed by atoms with Crippen LogP contribution in [0, 0.1) is 12.8 Å². The minimum absolute atomic E-state index is 0.00255. The standard InChI is InChI=1S/C23H28N6O2/c1-16-25-12-18(13-26-16)22(30)27-11-9-19(15-27)29-21-20(8-5-10-24-21)28(23(29)31)14-17-6-3-2-4-7-17/h5,8,10,12-13,17,19H,2-4,6-7,9,11,14-15H2,1H3. The summed E-state index contributed by atoms with van der Waals surface area (Å²) in [5, 5.41) is 0. The first-order chi connectivity index (χ1) is 15.1. The van der Waals surface area contributed by atoms with Gasteiger partial charge in [0, 0.05) is 38.2 Å². The van der Waals surface area contributed by atoms with E-state index in [2.05, 4.69) is 15.0 Å². The highest BCUT2D eigenvalue weighted by Gasteiger charge is 2.32. The van der Waals surface area contributed by atoms with Crippen LogP contribution in [0.25, 0.3) is 11.2 Å². The van der Waals surface area contributed by atoms with E-state index in [9.17, 15) is 9.59 Å². The van der Waals surface area contributed by atoms with Gasteiger partial charge in [-0.05, 0) is 44.2 Å². The van der Waals surface area contributed by atoms with Crippen LogP contribution in [0.4, 0.5) is 0 Å². The van der Waals surface area contributed by atoms with Crippen molar-refractivity contribution in [3.8, 4) is 0 Å². The van der Waals surface area contributed by atoms with Gasteiger partial charge in [-0.3, -0.25) is 13.9 Å². The van der Waals surface area contributed by atoms with Crippen LogP contribution in [-0.4, -0.2) is 48.0 Å². The highest BCUT2D eigenvalue weighted by atomic mass is 16.2. The number of carbonyl (C=O) groups excluding carboxylic acids is 1. The summed E-state index contributed by atoms with van der Waals surface area (Å²) >= 11 is 0. The van der Waals surface area contributed by atoms with Crippen LogP contribution in [0.2, 0.25) is 0 Å². The second-order valence-electron chi connectivity index (χ2n) is 8.83. The molecule has 1 aliphatic carbocycles. The van der Waals surface area contributed by atoms with Gasteiger partial charge < -0.3 is 4.90 Å². The van der Waals surface area contributed by atoms with Crippen molar-refractivity contribution in [2.45, 2.75) is 58.0 Å². The van der Waals surface area contributed by atoms with Gasteiger partial charge >= 0.3 is 5.69 Å². The van der Waals surface area contributed by atoms with Crippen LogP contribution in [-0.2, 0) is 6.54 Å². The van der Waals surface area contributed by atoms with E-state index in [1.165, 1.54) is 32.1 Å². The van der Waals surface area contributed by atoms with Crippen molar-refractivity contribution in [3.05, 3.63) is 52.6 Å². The summed E-state index contributed by atoms with van der Waals surface area (Å²) in [6, 6.07) is 3.81. The molecule has 0 spiro atoms. The monoisotopic (exact) mass is 420 g/mol. The summed E-state index contributed by atoms with van der Waals surface area (Å²) in [7, 11) is 0. The third-order valence-corrected chi connectivity index (χ3v) is 6.73. The van der Waals surface area contributed by atoms with Gasteiger partial charge in [0.1, 0.15) is 5.82 Å². The number of hydrogen-bond acceptors (Lipinski definition) is 5. The van der Waals surface area contributed by atoms with Crippen molar-refractivity contribution in [2.24, 2.45) is 5.92 Å². The molecule has 0 aromatic carbocycles. The van der Waals surface area contributed by atoms with E-state index in [0.29, 0.717) is 30.4 Å². The number of imidazole rings is 1. The lowest BCUT2D eigenvalue weighted by Gasteiger charge is -2.21. The summed E-state index contributed by atoms with van der Waals surface area (Å²) in [6.07, 6.45) is 11.8. The molecule has 4 heterocycles. The van der Waals surface area contributed by atoms with Gasteiger partial charge in [-0.1, -0.05) is 19.3 Å². The van der Waals surface area contributed by atoms with Crippen LogP contribution in [0.15, 0.2) is 35.5 Å². The van der Waals surface area contributed by atoms with Gasteiger partial charge in [-0.15, -0.1) is 0 Å². The molecule has 162 valence electrons. The molecule has 8 heteroatoms. The predicted octanol–water partition coefficient (Wildman–Crippen LogP) is 2.96. The van der Waals surface area contributed by atoms with Crippen LogP contribution in [0.3, 0.4) is 0 Å². The number of hydrogen-bond donors (Lipinski definition) is 0. The Bertz CT molecular complexity index is 1140. The number of aryl methyl sites for hydroxylation is 1. The van der Waals surface area contributed by atoms with Gasteiger partial charge in [-0.25, -0.2) is 19.7 Å². The van der Waals surface area contributed by atoms with E-state index >= 15 is 0 Å². The molecule has 3 aromatic rings. The molecule has 3 aromatic heterocycles. The molecule has 2 aliphatic rings. The van der Waals surface area contributed by atoms with Crippen molar-refractivity contribution in [3.63, 3.8) is 0 Å². The average molecular weight is 421 g/mol. The number of pyridine rings is 1. The number of carbonyl (C=O) groups is 1. The number of nitrogens with zero attached hydrogens (tertiary/aromatic N) is 6. The molecule has 0 bridgehead atoms. The molecule has 31 heavy (non-hydrogen) atoms. The number of amides is 1. The summed E-state index contributed by atoms with van der Waals surface area (Å²) in [4.78, 5) is 41.0. The van der Waals surface area contributed by atoms with Crippen molar-refractivity contribution in [1.82, 2.24) is 29.0 Å². The fraction of sp³-hybridized carbons (Fsp3) is 0.522. The third-order valence-electron chi connectivity index (χ3n) is 6.73. The molecule has 1 saturated heterocycles. The maximum Gasteiger partial charge on any atom is 0.330 e. The fourth-order valence-electron chi connectivity index (χ4n) is 5.06. The minimum Gasteiger partial charge on any atom is -0.336 e. The first-order valence-corrected chi connectivity index (χ1v) is 11.3. The highest BCUT2D eigenvalue weighted by molar-refractivity contribution is 5.93. The van der Waals surface area contributed by atoms with Crippen LogP contribution in [0.1, 0.15) is 60.7 Å². The first kappa shape index (κ1) is 19.9. The Morgan fingerprint density at radius 2 is 1.87 bits per heavy atom. The molecule has 5 rings (SSSR count). The zero-order valence-electron chi connectivity index (χ0n) is 17.9. The Labute approximate surface area is 180 Å². The number of likely N-dealkylation sites (tertiary alicyclic amines) is 1. The Hall–Kier alpha value is -3.03. The Morgan fingerprint density at radius 3 is 2.65 bits per heavy atom. The quantitative estimate of drug-likeness (QED) is 0.648. The van der Waals surface area contributed by atoms with E-state index in [1.807, 2.05) is 21.3 Å². The van der Waals surface area contributed by atoms with E-state index < -0.39 is 0 Å². The number of aromatic nitrogens is 5. The molecule has 0 N–H and O–H groups in total. The van der Waals surface area contributed by atoms with E-state index in [0.717, 1.165) is 24.1 Å². The normalized spacial score (nSPS) is 19.9. The van der Waals surface area contributed by atoms with Gasteiger partial charge in [0.05, 0.1) is 17.1 Å². The fourth-order valence-corrected chi connectivity index (χ4v) is 5.06. The molecule has 0 radical (unpaired) electrons. The molecule has 1 unspecified atom stereocenters. The second-order valence-corrected chi connectivity index (χ2v) is 8.83. The molecule has 1 saturated carbocycles. The third kappa shape index (κ3) is 3.75. The van der Waals surface area contributed by atoms with Crippen molar-refractivity contribution >= 4 is 17.1 Å². The number of fused-ring (bicyclic) bond motifs is 1. The van der Waals surface area contributed by atoms with Crippen molar-refractivity contribution < 1.29 is 4.79 Å². The summed E-state index contributed by atoms with van der Waals surface area (Å²) < 4.78 is 3.73. The van der Waals surface area contributed by atoms with E-state index in [1.54, 1.807) is 30.4 Å². The molecular weight excluding hydrogens is 392 g/mol.